The first-order valence-corrected chi connectivity index (χ1v) is 7.33. The third-order valence-electron chi connectivity index (χ3n) is 5.13. The predicted molar refractivity (Wildman–Crippen MR) is 69.2 cm³/mol. The lowest BCUT2D eigenvalue weighted by atomic mass is 9.76. The first-order chi connectivity index (χ1) is 8.78. The number of nitrogens with zero attached hydrogens (tertiary/aromatic N) is 1. The fourth-order valence-electron chi connectivity index (χ4n) is 4.27. The van der Waals surface area contributed by atoms with E-state index >= 15 is 0 Å². The number of likely N-dealkylation sites (tertiary alicyclic amines) is 1. The zero-order valence-electron chi connectivity index (χ0n) is 11.2. The minimum atomic E-state index is -0.108. The highest BCUT2D eigenvalue weighted by Gasteiger charge is 2.45. The molecule has 1 N–H and O–H groups in total. The van der Waals surface area contributed by atoms with E-state index in [-0.39, 0.29) is 5.97 Å². The Morgan fingerprint density at radius 2 is 2.00 bits per heavy atom. The first-order valence-electron chi connectivity index (χ1n) is 7.33. The normalized spacial score (nSPS) is 40.1. The van der Waals surface area contributed by atoms with Crippen molar-refractivity contribution in [3.8, 4) is 0 Å². The van der Waals surface area contributed by atoms with E-state index in [0.29, 0.717) is 12.6 Å². The Labute approximate surface area is 109 Å². The lowest BCUT2D eigenvalue weighted by molar-refractivity contribution is -0.142. The molecule has 0 radical (unpaired) electrons. The van der Waals surface area contributed by atoms with E-state index in [2.05, 4.69) is 10.2 Å². The molecule has 1 saturated carbocycles. The fourth-order valence-corrected chi connectivity index (χ4v) is 4.27. The number of nitrogens with one attached hydrogen (secondary N) is 1. The van der Waals surface area contributed by atoms with E-state index in [1.807, 2.05) is 0 Å². The van der Waals surface area contributed by atoms with Crippen LogP contribution in [-0.2, 0) is 9.53 Å². The van der Waals surface area contributed by atoms with E-state index < -0.39 is 0 Å². The van der Waals surface area contributed by atoms with Crippen LogP contribution in [-0.4, -0.2) is 49.7 Å². The van der Waals surface area contributed by atoms with E-state index in [0.717, 1.165) is 31.0 Å². The summed E-state index contributed by atoms with van der Waals surface area (Å²) in [5.41, 5.74) is 0. The zero-order valence-corrected chi connectivity index (χ0v) is 11.2. The molecule has 0 aromatic rings. The van der Waals surface area contributed by atoms with Crippen LogP contribution in [0.2, 0.25) is 0 Å². The Morgan fingerprint density at radius 3 is 2.83 bits per heavy atom. The van der Waals surface area contributed by atoms with Gasteiger partial charge in [0.05, 0.1) is 13.7 Å². The second-order valence-corrected chi connectivity index (χ2v) is 6.09. The zero-order chi connectivity index (χ0) is 12.5. The summed E-state index contributed by atoms with van der Waals surface area (Å²) in [4.78, 5) is 13.6. The van der Waals surface area contributed by atoms with Crippen molar-refractivity contribution < 1.29 is 9.53 Å². The number of hydrogen-bond acceptors (Lipinski definition) is 4. The fraction of sp³-hybridized carbons (Fsp3) is 0.929. The monoisotopic (exact) mass is 252 g/mol. The number of carbonyl (C=O) groups is 1. The Kier molecular flexibility index (Phi) is 3.57. The highest BCUT2D eigenvalue weighted by molar-refractivity contribution is 5.71. The molecule has 0 spiro atoms. The number of piperidine rings is 1. The maximum absolute atomic E-state index is 11.3. The lowest BCUT2D eigenvalue weighted by Gasteiger charge is -2.36. The van der Waals surface area contributed by atoms with Crippen LogP contribution in [0.25, 0.3) is 0 Å². The summed E-state index contributed by atoms with van der Waals surface area (Å²) in [6.07, 6.45) is 6.82. The summed E-state index contributed by atoms with van der Waals surface area (Å²) in [5, 5.41) is 3.82. The molecule has 3 rings (SSSR count). The van der Waals surface area contributed by atoms with Gasteiger partial charge in [-0.15, -0.1) is 0 Å². The van der Waals surface area contributed by atoms with Crippen molar-refractivity contribution >= 4 is 5.97 Å². The predicted octanol–water partition coefficient (Wildman–Crippen LogP) is 1.01. The topological polar surface area (TPSA) is 41.6 Å². The molecule has 2 saturated heterocycles. The molecule has 0 bridgehead atoms. The van der Waals surface area contributed by atoms with Gasteiger partial charge in [0, 0.05) is 18.6 Å². The third kappa shape index (κ3) is 2.28. The number of rotatable bonds is 2. The van der Waals surface area contributed by atoms with Crippen molar-refractivity contribution in [1.82, 2.24) is 10.2 Å². The Morgan fingerprint density at radius 1 is 1.22 bits per heavy atom. The lowest BCUT2D eigenvalue weighted by Crippen LogP contribution is -2.48. The van der Waals surface area contributed by atoms with Gasteiger partial charge in [0.1, 0.15) is 0 Å². The molecular weight excluding hydrogens is 228 g/mol. The second kappa shape index (κ2) is 5.17. The van der Waals surface area contributed by atoms with Gasteiger partial charge >= 0.3 is 5.97 Å². The number of carbonyl (C=O) groups excluding carboxylic acids is 1. The smallest absolute Gasteiger partial charge is 0.319 e. The summed E-state index contributed by atoms with van der Waals surface area (Å²) < 4.78 is 4.76. The minimum absolute atomic E-state index is 0.108. The van der Waals surface area contributed by atoms with Crippen LogP contribution in [0, 0.1) is 11.8 Å². The average Bonchev–Trinajstić information content (AvgIpc) is 2.76. The highest BCUT2D eigenvalue weighted by atomic mass is 16.5. The molecule has 0 aromatic carbocycles. The Hall–Kier alpha value is -0.610. The summed E-state index contributed by atoms with van der Waals surface area (Å²) in [5.74, 6) is 1.65. The Balaban J connectivity index is 1.59. The maximum Gasteiger partial charge on any atom is 0.319 e. The summed E-state index contributed by atoms with van der Waals surface area (Å²) >= 11 is 0. The second-order valence-electron chi connectivity index (χ2n) is 6.09. The SMILES string of the molecule is COC(=O)CN1CCC2C(C1)NC1CCCCC12. The molecule has 4 atom stereocenters. The number of methoxy groups -OCH3 is 1. The summed E-state index contributed by atoms with van der Waals surface area (Å²) in [6.45, 7) is 2.53. The van der Waals surface area contributed by atoms with Crippen LogP contribution in [0.15, 0.2) is 0 Å². The number of fused-ring (bicyclic) bond motifs is 3. The molecule has 4 heteroatoms. The van der Waals surface area contributed by atoms with E-state index in [1.54, 1.807) is 0 Å². The van der Waals surface area contributed by atoms with Gasteiger partial charge in [-0.1, -0.05) is 12.8 Å². The van der Waals surface area contributed by atoms with Crippen LogP contribution in [0.4, 0.5) is 0 Å². The molecule has 1 aliphatic carbocycles. The molecule has 4 unspecified atom stereocenters. The van der Waals surface area contributed by atoms with Crippen LogP contribution >= 0.6 is 0 Å². The number of ether oxygens (including phenoxy) is 1. The van der Waals surface area contributed by atoms with Gasteiger partial charge in [0.2, 0.25) is 0 Å². The van der Waals surface area contributed by atoms with Gasteiger partial charge < -0.3 is 10.1 Å². The van der Waals surface area contributed by atoms with Crippen molar-refractivity contribution in [3.05, 3.63) is 0 Å². The van der Waals surface area contributed by atoms with Crippen LogP contribution in [0.3, 0.4) is 0 Å². The molecule has 0 amide bonds. The molecule has 2 heterocycles. The third-order valence-corrected chi connectivity index (χ3v) is 5.13. The quantitative estimate of drug-likeness (QED) is 0.745. The highest BCUT2D eigenvalue weighted by Crippen LogP contribution is 2.41. The van der Waals surface area contributed by atoms with E-state index in [9.17, 15) is 4.79 Å². The largest absolute Gasteiger partial charge is 0.468 e. The summed E-state index contributed by atoms with van der Waals surface area (Å²) in [6, 6.07) is 1.36. The summed E-state index contributed by atoms with van der Waals surface area (Å²) in [7, 11) is 1.47. The van der Waals surface area contributed by atoms with Gasteiger partial charge in [-0.3, -0.25) is 9.69 Å². The number of hydrogen-bond donors (Lipinski definition) is 1. The van der Waals surface area contributed by atoms with Crippen molar-refractivity contribution in [2.24, 2.45) is 11.8 Å². The van der Waals surface area contributed by atoms with Gasteiger partial charge in [-0.05, 0) is 37.6 Å². The van der Waals surface area contributed by atoms with Crippen LogP contribution in [0.1, 0.15) is 32.1 Å². The Bertz CT molecular complexity index is 321. The molecule has 102 valence electrons. The van der Waals surface area contributed by atoms with Crippen molar-refractivity contribution in [2.75, 3.05) is 26.7 Å². The molecular formula is C14H24N2O2. The molecule has 2 aliphatic heterocycles. The molecule has 3 fully saturated rings. The van der Waals surface area contributed by atoms with Gasteiger partial charge in [0.15, 0.2) is 0 Å². The standard InChI is InChI=1S/C14H24N2O2/c1-18-14(17)9-16-7-6-11-10-4-2-3-5-12(10)15-13(11)8-16/h10-13,15H,2-9H2,1H3. The number of esters is 1. The van der Waals surface area contributed by atoms with Crippen LogP contribution in [0.5, 0.6) is 0 Å². The van der Waals surface area contributed by atoms with Crippen molar-refractivity contribution in [1.29, 1.82) is 0 Å². The van der Waals surface area contributed by atoms with Crippen LogP contribution < -0.4 is 5.32 Å². The van der Waals surface area contributed by atoms with Crippen molar-refractivity contribution in [2.45, 2.75) is 44.2 Å². The maximum atomic E-state index is 11.3. The first kappa shape index (κ1) is 12.4. The molecule has 18 heavy (non-hydrogen) atoms. The van der Waals surface area contributed by atoms with Gasteiger partial charge in [0.25, 0.3) is 0 Å². The van der Waals surface area contributed by atoms with Crippen molar-refractivity contribution in [3.63, 3.8) is 0 Å². The molecule has 4 nitrogen and oxygen atoms in total. The van der Waals surface area contributed by atoms with Gasteiger partial charge in [-0.2, -0.15) is 0 Å². The molecule has 3 aliphatic rings. The van der Waals surface area contributed by atoms with E-state index in [1.165, 1.54) is 39.2 Å². The molecule has 0 aromatic heterocycles. The van der Waals surface area contributed by atoms with E-state index in [4.69, 9.17) is 4.74 Å². The average molecular weight is 252 g/mol. The van der Waals surface area contributed by atoms with Gasteiger partial charge in [-0.25, -0.2) is 0 Å². The minimum Gasteiger partial charge on any atom is -0.468 e.